The molecule has 0 aromatic heterocycles. The first kappa shape index (κ1) is 15.7. The van der Waals surface area contributed by atoms with E-state index in [1.165, 1.54) is 6.07 Å². The van der Waals surface area contributed by atoms with Gasteiger partial charge in [0.15, 0.2) is 0 Å². The average Bonchev–Trinajstić information content (AvgIpc) is 2.74. The molecule has 0 radical (unpaired) electrons. The van der Waals surface area contributed by atoms with Gasteiger partial charge in [0, 0.05) is 32.2 Å². The number of nitro benzene ring substituents is 1. The molecule has 116 valence electrons. The maximum absolute atomic E-state index is 11.0. The molecule has 1 fully saturated rings. The SMILES string of the molecule is CCCNc1cc(CN2CC(O)C(O)C2)ccc1[N+](=O)[O-]. The van der Waals surface area contributed by atoms with Crippen LogP contribution < -0.4 is 5.32 Å². The van der Waals surface area contributed by atoms with E-state index in [4.69, 9.17) is 0 Å². The van der Waals surface area contributed by atoms with Crippen molar-refractivity contribution in [1.82, 2.24) is 4.90 Å². The van der Waals surface area contributed by atoms with E-state index in [1.54, 1.807) is 12.1 Å². The van der Waals surface area contributed by atoms with Gasteiger partial charge in [-0.25, -0.2) is 0 Å². The first-order valence-electron chi connectivity index (χ1n) is 7.11. The Morgan fingerprint density at radius 3 is 2.62 bits per heavy atom. The molecule has 1 aliphatic heterocycles. The lowest BCUT2D eigenvalue weighted by atomic mass is 10.1. The molecule has 1 saturated heterocycles. The molecule has 2 rings (SSSR count). The number of aliphatic hydroxyl groups is 2. The van der Waals surface area contributed by atoms with Crippen LogP contribution in [0.1, 0.15) is 18.9 Å². The number of nitro groups is 1. The summed E-state index contributed by atoms with van der Waals surface area (Å²) in [5.74, 6) is 0. The minimum absolute atomic E-state index is 0.0636. The Kier molecular flexibility index (Phi) is 5.11. The Balaban J connectivity index is 2.11. The minimum atomic E-state index is -0.722. The molecular weight excluding hydrogens is 274 g/mol. The molecule has 2 atom stereocenters. The van der Waals surface area contributed by atoms with Crippen LogP contribution in [0.3, 0.4) is 0 Å². The first-order valence-corrected chi connectivity index (χ1v) is 7.11. The van der Waals surface area contributed by atoms with Crippen molar-refractivity contribution in [3.05, 3.63) is 33.9 Å². The molecule has 0 aliphatic carbocycles. The number of likely N-dealkylation sites (tertiary alicyclic amines) is 1. The summed E-state index contributed by atoms with van der Waals surface area (Å²) in [6.45, 7) is 4.04. The Hall–Kier alpha value is -1.70. The van der Waals surface area contributed by atoms with Crippen LogP contribution in [-0.4, -0.2) is 51.9 Å². The van der Waals surface area contributed by atoms with Crippen molar-refractivity contribution in [3.63, 3.8) is 0 Å². The van der Waals surface area contributed by atoms with Gasteiger partial charge < -0.3 is 15.5 Å². The second kappa shape index (κ2) is 6.84. The molecule has 0 bridgehead atoms. The Morgan fingerprint density at radius 1 is 1.38 bits per heavy atom. The van der Waals surface area contributed by atoms with Gasteiger partial charge in [-0.2, -0.15) is 0 Å². The van der Waals surface area contributed by atoms with Crippen LogP contribution in [0.2, 0.25) is 0 Å². The molecule has 7 heteroatoms. The second-order valence-corrected chi connectivity index (χ2v) is 5.36. The number of anilines is 1. The fourth-order valence-corrected chi connectivity index (χ4v) is 2.48. The van der Waals surface area contributed by atoms with Gasteiger partial charge in [-0.1, -0.05) is 13.0 Å². The van der Waals surface area contributed by atoms with Crippen molar-refractivity contribution >= 4 is 11.4 Å². The highest BCUT2D eigenvalue weighted by Gasteiger charge is 2.29. The van der Waals surface area contributed by atoms with Gasteiger partial charge in [-0.05, 0) is 18.1 Å². The van der Waals surface area contributed by atoms with Gasteiger partial charge in [-0.3, -0.25) is 15.0 Å². The fraction of sp³-hybridized carbons (Fsp3) is 0.571. The number of β-amino-alcohol motifs (C(OH)–C–C–N with tert-alkyl or cyclic N) is 2. The van der Waals surface area contributed by atoms with E-state index in [0.29, 0.717) is 31.9 Å². The molecule has 2 unspecified atom stereocenters. The second-order valence-electron chi connectivity index (χ2n) is 5.36. The van der Waals surface area contributed by atoms with Gasteiger partial charge in [0.05, 0.1) is 17.1 Å². The van der Waals surface area contributed by atoms with E-state index in [1.807, 2.05) is 11.8 Å². The summed E-state index contributed by atoms with van der Waals surface area (Å²) >= 11 is 0. The van der Waals surface area contributed by atoms with Crippen LogP contribution >= 0.6 is 0 Å². The number of nitrogens with zero attached hydrogens (tertiary/aromatic N) is 2. The van der Waals surface area contributed by atoms with E-state index >= 15 is 0 Å². The van der Waals surface area contributed by atoms with E-state index in [0.717, 1.165) is 12.0 Å². The van der Waals surface area contributed by atoms with Gasteiger partial charge in [-0.15, -0.1) is 0 Å². The molecule has 1 aromatic rings. The van der Waals surface area contributed by atoms with Crippen molar-refractivity contribution in [2.75, 3.05) is 25.0 Å². The lowest BCUT2D eigenvalue weighted by Gasteiger charge is -2.15. The van der Waals surface area contributed by atoms with Gasteiger partial charge in [0.2, 0.25) is 0 Å². The summed E-state index contributed by atoms with van der Waals surface area (Å²) in [4.78, 5) is 12.5. The van der Waals surface area contributed by atoms with Crippen LogP contribution in [0.5, 0.6) is 0 Å². The third kappa shape index (κ3) is 3.90. The summed E-state index contributed by atoms with van der Waals surface area (Å²) in [7, 11) is 0. The monoisotopic (exact) mass is 295 g/mol. The minimum Gasteiger partial charge on any atom is -0.389 e. The quantitative estimate of drug-likeness (QED) is 0.534. The molecule has 1 aromatic carbocycles. The summed E-state index contributed by atoms with van der Waals surface area (Å²) in [6, 6.07) is 4.98. The number of benzene rings is 1. The van der Waals surface area contributed by atoms with Crippen molar-refractivity contribution < 1.29 is 15.1 Å². The number of aliphatic hydroxyl groups excluding tert-OH is 2. The average molecular weight is 295 g/mol. The molecule has 1 heterocycles. The lowest BCUT2D eigenvalue weighted by molar-refractivity contribution is -0.384. The third-order valence-corrected chi connectivity index (χ3v) is 3.56. The smallest absolute Gasteiger partial charge is 0.292 e. The van der Waals surface area contributed by atoms with E-state index in [2.05, 4.69) is 5.32 Å². The Labute approximate surface area is 123 Å². The lowest BCUT2D eigenvalue weighted by Crippen LogP contribution is -2.22. The number of rotatable bonds is 6. The maximum atomic E-state index is 11.0. The first-order chi connectivity index (χ1) is 10.0. The molecule has 1 aliphatic rings. The molecule has 7 nitrogen and oxygen atoms in total. The summed E-state index contributed by atoms with van der Waals surface area (Å²) in [6.07, 6.45) is -0.562. The zero-order valence-corrected chi connectivity index (χ0v) is 12.0. The van der Waals surface area contributed by atoms with Crippen LogP contribution in [0, 0.1) is 10.1 Å². The molecule has 3 N–H and O–H groups in total. The van der Waals surface area contributed by atoms with Crippen molar-refractivity contribution in [3.8, 4) is 0 Å². The van der Waals surface area contributed by atoms with Gasteiger partial charge in [0.1, 0.15) is 5.69 Å². The van der Waals surface area contributed by atoms with E-state index in [-0.39, 0.29) is 5.69 Å². The largest absolute Gasteiger partial charge is 0.389 e. The zero-order chi connectivity index (χ0) is 15.4. The molecular formula is C14H21N3O4. The summed E-state index contributed by atoms with van der Waals surface area (Å²) < 4.78 is 0. The summed E-state index contributed by atoms with van der Waals surface area (Å²) in [5.41, 5.74) is 1.49. The highest BCUT2D eigenvalue weighted by molar-refractivity contribution is 5.62. The summed E-state index contributed by atoms with van der Waals surface area (Å²) in [5, 5.41) is 33.2. The van der Waals surface area contributed by atoms with Crippen LogP contribution in [0.4, 0.5) is 11.4 Å². The van der Waals surface area contributed by atoms with Crippen molar-refractivity contribution in [1.29, 1.82) is 0 Å². The Morgan fingerprint density at radius 2 is 2.05 bits per heavy atom. The van der Waals surface area contributed by atoms with E-state index in [9.17, 15) is 20.3 Å². The normalized spacial score (nSPS) is 22.4. The number of hydrogen-bond donors (Lipinski definition) is 3. The van der Waals surface area contributed by atoms with E-state index < -0.39 is 17.1 Å². The van der Waals surface area contributed by atoms with Crippen LogP contribution in [-0.2, 0) is 6.54 Å². The predicted molar refractivity (Wildman–Crippen MR) is 79.2 cm³/mol. The highest BCUT2D eigenvalue weighted by Crippen LogP contribution is 2.26. The van der Waals surface area contributed by atoms with Gasteiger partial charge in [0.25, 0.3) is 5.69 Å². The topological polar surface area (TPSA) is 98.9 Å². The standard InChI is InChI=1S/C14H21N3O4/c1-2-5-15-11-6-10(3-4-12(11)17(20)21)7-16-8-13(18)14(19)9-16/h3-4,6,13-15,18-19H,2,5,7-9H2,1H3. The predicted octanol–water partition coefficient (Wildman–Crippen LogP) is 0.954. The van der Waals surface area contributed by atoms with Gasteiger partial charge >= 0.3 is 0 Å². The van der Waals surface area contributed by atoms with Crippen LogP contribution in [0.25, 0.3) is 0 Å². The third-order valence-electron chi connectivity index (χ3n) is 3.56. The molecule has 0 spiro atoms. The number of nitrogens with one attached hydrogen (secondary N) is 1. The zero-order valence-electron chi connectivity index (χ0n) is 12.0. The van der Waals surface area contributed by atoms with Crippen LogP contribution in [0.15, 0.2) is 18.2 Å². The Bertz CT molecular complexity index is 499. The molecule has 0 saturated carbocycles. The molecule has 0 amide bonds. The number of hydrogen-bond acceptors (Lipinski definition) is 6. The highest BCUT2D eigenvalue weighted by atomic mass is 16.6. The fourth-order valence-electron chi connectivity index (χ4n) is 2.48. The van der Waals surface area contributed by atoms with Crippen molar-refractivity contribution in [2.24, 2.45) is 0 Å². The molecule has 21 heavy (non-hydrogen) atoms. The van der Waals surface area contributed by atoms with Crippen molar-refractivity contribution in [2.45, 2.75) is 32.1 Å². The maximum Gasteiger partial charge on any atom is 0.292 e.